The normalized spacial score (nSPS) is 19.2. The lowest BCUT2D eigenvalue weighted by molar-refractivity contribution is -0.154. The molecule has 2 N–H and O–H groups in total. The van der Waals surface area contributed by atoms with Gasteiger partial charge in [-0.05, 0) is 19.3 Å². The van der Waals surface area contributed by atoms with Crippen molar-refractivity contribution in [1.29, 1.82) is 0 Å². The van der Waals surface area contributed by atoms with Crippen molar-refractivity contribution in [2.24, 2.45) is 5.41 Å². The highest BCUT2D eigenvalue weighted by Crippen LogP contribution is 2.30. The molecule has 0 aromatic heterocycles. The van der Waals surface area contributed by atoms with E-state index < -0.39 is 21.4 Å². The van der Waals surface area contributed by atoms with Crippen LogP contribution < -0.4 is 4.72 Å². The van der Waals surface area contributed by atoms with E-state index in [9.17, 15) is 18.3 Å². The second kappa shape index (κ2) is 7.18. The molecule has 0 aliphatic carbocycles. The minimum Gasteiger partial charge on any atom is -0.481 e. The smallest absolute Gasteiger partial charge is 0.311 e. The van der Waals surface area contributed by atoms with E-state index in [2.05, 4.69) is 4.72 Å². The minimum atomic E-state index is -3.46. The van der Waals surface area contributed by atoms with Crippen LogP contribution in [-0.2, 0) is 24.3 Å². The molecule has 0 atom stereocenters. The van der Waals surface area contributed by atoms with Crippen molar-refractivity contribution >= 4 is 16.0 Å². The van der Waals surface area contributed by atoms with Crippen molar-refractivity contribution in [3.05, 3.63) is 0 Å². The molecular formula is C11H21NO6S. The first-order valence-electron chi connectivity index (χ1n) is 6.19. The summed E-state index contributed by atoms with van der Waals surface area (Å²) in [5, 5.41) is 9.29. The van der Waals surface area contributed by atoms with Gasteiger partial charge in [0.25, 0.3) is 0 Å². The number of carboxylic acids is 1. The van der Waals surface area contributed by atoms with Gasteiger partial charge in [-0.2, -0.15) is 0 Å². The molecule has 19 heavy (non-hydrogen) atoms. The Morgan fingerprint density at radius 1 is 1.42 bits per heavy atom. The summed E-state index contributed by atoms with van der Waals surface area (Å²) in [6.07, 6.45) is 1.03. The number of rotatable bonds is 8. The summed E-state index contributed by atoms with van der Waals surface area (Å²) in [4.78, 5) is 11.3. The number of methoxy groups -OCH3 is 1. The summed E-state index contributed by atoms with van der Waals surface area (Å²) >= 11 is 0. The van der Waals surface area contributed by atoms with Crippen LogP contribution in [0, 0.1) is 5.41 Å². The van der Waals surface area contributed by atoms with E-state index in [0.717, 1.165) is 0 Å². The van der Waals surface area contributed by atoms with E-state index >= 15 is 0 Å². The van der Waals surface area contributed by atoms with E-state index in [1.165, 1.54) is 7.11 Å². The number of hydrogen-bond acceptors (Lipinski definition) is 5. The van der Waals surface area contributed by atoms with Gasteiger partial charge in [-0.3, -0.25) is 4.79 Å². The van der Waals surface area contributed by atoms with Gasteiger partial charge in [-0.15, -0.1) is 0 Å². The number of hydrogen-bond donors (Lipinski definition) is 2. The second-order valence-electron chi connectivity index (χ2n) is 4.68. The highest BCUT2D eigenvalue weighted by Gasteiger charge is 2.40. The summed E-state index contributed by atoms with van der Waals surface area (Å²) in [6, 6.07) is 0. The first-order valence-corrected chi connectivity index (χ1v) is 7.84. The molecule has 1 rings (SSSR count). The maximum Gasteiger partial charge on any atom is 0.311 e. The van der Waals surface area contributed by atoms with E-state index in [4.69, 9.17) is 9.47 Å². The van der Waals surface area contributed by atoms with Gasteiger partial charge in [-0.25, -0.2) is 13.1 Å². The Bertz CT molecular complexity index is 388. The molecule has 112 valence electrons. The van der Waals surface area contributed by atoms with Crippen molar-refractivity contribution in [2.75, 3.05) is 39.2 Å². The molecule has 1 fully saturated rings. The van der Waals surface area contributed by atoms with Gasteiger partial charge >= 0.3 is 5.97 Å². The van der Waals surface area contributed by atoms with Crippen LogP contribution in [-0.4, -0.2) is 58.7 Å². The third kappa shape index (κ3) is 5.06. The summed E-state index contributed by atoms with van der Waals surface area (Å²) in [5.41, 5.74) is -1.05. The molecule has 1 saturated heterocycles. The van der Waals surface area contributed by atoms with Crippen molar-refractivity contribution in [1.82, 2.24) is 4.72 Å². The standard InChI is InChI=1S/C11H21NO6S/c1-17-5-2-8-19(15,16)12-9-11(10(13)14)3-6-18-7-4-11/h12H,2-9H2,1H3,(H,13,14). The molecule has 0 amide bonds. The van der Waals surface area contributed by atoms with Crippen molar-refractivity contribution in [3.63, 3.8) is 0 Å². The fourth-order valence-corrected chi connectivity index (χ4v) is 3.08. The average Bonchev–Trinajstić information content (AvgIpc) is 2.38. The summed E-state index contributed by atoms with van der Waals surface area (Å²) < 4.78 is 35.8. The van der Waals surface area contributed by atoms with Crippen LogP contribution in [0.25, 0.3) is 0 Å². The summed E-state index contributed by atoms with van der Waals surface area (Å²) in [7, 11) is -1.96. The number of carbonyl (C=O) groups is 1. The Kier molecular flexibility index (Phi) is 6.18. The zero-order valence-electron chi connectivity index (χ0n) is 11.1. The predicted molar refractivity (Wildman–Crippen MR) is 68.4 cm³/mol. The quantitative estimate of drug-likeness (QED) is 0.602. The zero-order chi connectivity index (χ0) is 14.4. The Morgan fingerprint density at radius 3 is 2.58 bits per heavy atom. The molecule has 0 saturated carbocycles. The first kappa shape index (κ1) is 16.4. The molecular weight excluding hydrogens is 274 g/mol. The van der Waals surface area contributed by atoms with Crippen molar-refractivity contribution < 1.29 is 27.8 Å². The lowest BCUT2D eigenvalue weighted by Gasteiger charge is -2.33. The third-order valence-corrected chi connectivity index (χ3v) is 4.71. The monoisotopic (exact) mass is 295 g/mol. The van der Waals surface area contributed by atoms with Gasteiger partial charge in [0.2, 0.25) is 10.0 Å². The predicted octanol–water partition coefficient (Wildman–Crippen LogP) is -0.176. The van der Waals surface area contributed by atoms with E-state index in [0.29, 0.717) is 39.1 Å². The van der Waals surface area contributed by atoms with Gasteiger partial charge < -0.3 is 14.6 Å². The van der Waals surface area contributed by atoms with Crippen LogP contribution in [0.2, 0.25) is 0 Å². The SMILES string of the molecule is COCCCS(=O)(=O)NCC1(C(=O)O)CCOCC1. The molecule has 0 bridgehead atoms. The maximum absolute atomic E-state index is 11.7. The van der Waals surface area contributed by atoms with E-state index in [1.54, 1.807) is 0 Å². The van der Waals surface area contributed by atoms with Crippen molar-refractivity contribution in [3.8, 4) is 0 Å². The third-order valence-electron chi connectivity index (χ3n) is 3.30. The second-order valence-corrected chi connectivity index (χ2v) is 6.61. The maximum atomic E-state index is 11.7. The van der Waals surface area contributed by atoms with Gasteiger partial charge in [0.1, 0.15) is 0 Å². The lowest BCUT2D eigenvalue weighted by Crippen LogP contribution is -2.47. The number of ether oxygens (including phenoxy) is 2. The Morgan fingerprint density at radius 2 is 2.05 bits per heavy atom. The largest absolute Gasteiger partial charge is 0.481 e. The van der Waals surface area contributed by atoms with Gasteiger partial charge in [0.15, 0.2) is 0 Å². The Hall–Kier alpha value is -0.700. The summed E-state index contributed by atoms with van der Waals surface area (Å²) in [6.45, 7) is 0.967. The zero-order valence-corrected chi connectivity index (χ0v) is 11.9. The van der Waals surface area contributed by atoms with Crippen LogP contribution in [0.5, 0.6) is 0 Å². The molecule has 1 aliphatic heterocycles. The van der Waals surface area contributed by atoms with Gasteiger partial charge in [0.05, 0.1) is 11.2 Å². The highest BCUT2D eigenvalue weighted by molar-refractivity contribution is 7.89. The number of aliphatic carboxylic acids is 1. The molecule has 8 heteroatoms. The van der Waals surface area contributed by atoms with Crippen LogP contribution in [0.1, 0.15) is 19.3 Å². The molecule has 0 unspecified atom stereocenters. The van der Waals surface area contributed by atoms with Crippen molar-refractivity contribution in [2.45, 2.75) is 19.3 Å². The lowest BCUT2D eigenvalue weighted by atomic mass is 9.80. The molecule has 1 heterocycles. The number of sulfonamides is 1. The fourth-order valence-electron chi connectivity index (χ4n) is 1.94. The van der Waals surface area contributed by atoms with Gasteiger partial charge in [0, 0.05) is 33.5 Å². The molecule has 0 aromatic rings. The Balaban J connectivity index is 2.54. The minimum absolute atomic E-state index is 0.0625. The molecule has 1 aliphatic rings. The molecule has 0 aromatic carbocycles. The fraction of sp³-hybridized carbons (Fsp3) is 0.909. The topological polar surface area (TPSA) is 102 Å². The van der Waals surface area contributed by atoms with Crippen LogP contribution in [0.3, 0.4) is 0 Å². The molecule has 0 spiro atoms. The molecule has 0 radical (unpaired) electrons. The van der Waals surface area contributed by atoms with E-state index in [1.807, 2.05) is 0 Å². The van der Waals surface area contributed by atoms with Gasteiger partial charge in [-0.1, -0.05) is 0 Å². The van der Waals surface area contributed by atoms with E-state index in [-0.39, 0.29) is 12.3 Å². The molecule has 7 nitrogen and oxygen atoms in total. The number of carboxylic acid groups (broad SMARTS) is 1. The summed E-state index contributed by atoms with van der Waals surface area (Å²) in [5.74, 6) is -1.04. The van der Waals surface area contributed by atoms with Crippen LogP contribution in [0.15, 0.2) is 0 Å². The Labute approximate surface area is 113 Å². The first-order chi connectivity index (χ1) is 8.92. The van der Waals surface area contributed by atoms with Crippen LogP contribution in [0.4, 0.5) is 0 Å². The highest BCUT2D eigenvalue weighted by atomic mass is 32.2. The number of nitrogens with one attached hydrogen (secondary N) is 1. The van der Waals surface area contributed by atoms with Crippen LogP contribution >= 0.6 is 0 Å². The average molecular weight is 295 g/mol.